The second kappa shape index (κ2) is 8.00. The Kier molecular flexibility index (Phi) is 6.22. The average Bonchev–Trinajstić information content (AvgIpc) is 3.01. The van der Waals surface area contributed by atoms with Crippen molar-refractivity contribution in [2.45, 2.75) is 53.2 Å². The van der Waals surface area contributed by atoms with Gasteiger partial charge in [0.2, 0.25) is 0 Å². The maximum atomic E-state index is 12.4. The Labute approximate surface area is 150 Å². The Morgan fingerprint density at radius 2 is 1.68 bits per heavy atom. The summed E-state index contributed by atoms with van der Waals surface area (Å²) in [5.74, 6) is 0.0912. The minimum Gasteiger partial charge on any atom is -0.377 e. The molecule has 1 saturated heterocycles. The molecule has 0 aliphatic carbocycles. The molecule has 1 fully saturated rings. The molecule has 1 aromatic rings. The average molecular weight is 346 g/mol. The third kappa shape index (κ3) is 5.30. The van der Waals surface area contributed by atoms with Crippen LogP contribution in [0.25, 0.3) is 0 Å². The first-order chi connectivity index (χ1) is 11.7. The molecule has 1 heterocycles. The van der Waals surface area contributed by atoms with Crippen molar-refractivity contribution >= 4 is 11.8 Å². The molecule has 2 rings (SSSR count). The van der Waals surface area contributed by atoms with Crippen LogP contribution in [0.15, 0.2) is 24.3 Å². The smallest absolute Gasteiger partial charge is 0.251 e. The number of nitrogens with one attached hydrogen (secondary N) is 2. The molecule has 0 spiro atoms. The first kappa shape index (κ1) is 19.4. The molecule has 25 heavy (non-hydrogen) atoms. The summed E-state index contributed by atoms with van der Waals surface area (Å²) in [7, 11) is 0. The van der Waals surface area contributed by atoms with Crippen LogP contribution in [0.3, 0.4) is 0 Å². The Bertz CT molecular complexity index is 602. The number of carbonyl (C=O) groups excluding carboxylic acids is 2. The number of hydrogen-bond donors (Lipinski definition) is 2. The van der Waals surface area contributed by atoms with E-state index in [1.807, 2.05) is 13.8 Å². The molecular weight excluding hydrogens is 316 g/mol. The highest BCUT2D eigenvalue weighted by atomic mass is 16.5. The van der Waals surface area contributed by atoms with Crippen molar-refractivity contribution in [1.29, 1.82) is 0 Å². The fraction of sp³-hybridized carbons (Fsp3) is 0.600. The highest BCUT2D eigenvalue weighted by Crippen LogP contribution is 2.34. The zero-order valence-electron chi connectivity index (χ0n) is 15.9. The predicted octanol–water partition coefficient (Wildman–Crippen LogP) is 3.01. The normalized spacial score (nSPS) is 20.6. The van der Waals surface area contributed by atoms with Gasteiger partial charge < -0.3 is 15.4 Å². The molecule has 0 radical (unpaired) electrons. The van der Waals surface area contributed by atoms with Crippen molar-refractivity contribution in [3.63, 3.8) is 0 Å². The fourth-order valence-corrected chi connectivity index (χ4v) is 3.24. The van der Waals surface area contributed by atoms with Gasteiger partial charge in [-0.25, -0.2) is 0 Å². The summed E-state index contributed by atoms with van der Waals surface area (Å²) in [6, 6.07) is 6.83. The lowest BCUT2D eigenvalue weighted by Gasteiger charge is -2.31. The molecule has 1 aliphatic heterocycles. The monoisotopic (exact) mass is 346 g/mol. The molecule has 0 unspecified atom stereocenters. The highest BCUT2D eigenvalue weighted by molar-refractivity contribution is 5.97. The van der Waals surface area contributed by atoms with E-state index in [0.717, 1.165) is 13.0 Å². The lowest BCUT2D eigenvalue weighted by molar-refractivity contribution is 0.00737. The van der Waals surface area contributed by atoms with Crippen LogP contribution < -0.4 is 10.6 Å². The van der Waals surface area contributed by atoms with Crippen molar-refractivity contribution in [2.75, 3.05) is 13.2 Å². The highest BCUT2D eigenvalue weighted by Gasteiger charge is 2.37. The van der Waals surface area contributed by atoms with Crippen LogP contribution >= 0.6 is 0 Å². The van der Waals surface area contributed by atoms with Gasteiger partial charge in [-0.15, -0.1) is 0 Å². The van der Waals surface area contributed by atoms with Crippen LogP contribution in [0, 0.1) is 11.3 Å². The van der Waals surface area contributed by atoms with Gasteiger partial charge in [-0.05, 0) is 49.9 Å². The maximum Gasteiger partial charge on any atom is 0.251 e. The Morgan fingerprint density at radius 1 is 1.12 bits per heavy atom. The number of amides is 2. The molecule has 0 saturated carbocycles. The lowest BCUT2D eigenvalue weighted by Crippen LogP contribution is -2.38. The second-order valence-electron chi connectivity index (χ2n) is 8.12. The standard InChI is InChI=1S/C20H30N2O3/c1-13(2)22-19(24)15-8-6-14(7-9-15)18(23)21-12-16-10-11-25-17(16)20(3,4)5/h6-9,13,16-17H,10-12H2,1-5H3,(H,21,23)(H,22,24)/t16-,17+/m1/s1. The number of rotatable bonds is 5. The quantitative estimate of drug-likeness (QED) is 0.861. The topological polar surface area (TPSA) is 67.4 Å². The van der Waals surface area contributed by atoms with Gasteiger partial charge in [-0.2, -0.15) is 0 Å². The summed E-state index contributed by atoms with van der Waals surface area (Å²) in [6.45, 7) is 11.7. The van der Waals surface area contributed by atoms with E-state index in [1.54, 1.807) is 24.3 Å². The molecule has 2 amide bonds. The zero-order valence-corrected chi connectivity index (χ0v) is 15.9. The third-order valence-electron chi connectivity index (χ3n) is 4.42. The molecule has 138 valence electrons. The van der Waals surface area contributed by atoms with Gasteiger partial charge in [-0.1, -0.05) is 20.8 Å². The Hall–Kier alpha value is -1.88. The van der Waals surface area contributed by atoms with E-state index in [2.05, 4.69) is 31.4 Å². The summed E-state index contributed by atoms with van der Waals surface area (Å²) < 4.78 is 5.85. The van der Waals surface area contributed by atoms with E-state index < -0.39 is 0 Å². The summed E-state index contributed by atoms with van der Waals surface area (Å²) in [6.07, 6.45) is 1.13. The van der Waals surface area contributed by atoms with Gasteiger partial charge in [-0.3, -0.25) is 9.59 Å². The van der Waals surface area contributed by atoms with Crippen LogP contribution in [0.2, 0.25) is 0 Å². The van der Waals surface area contributed by atoms with Gasteiger partial charge >= 0.3 is 0 Å². The van der Waals surface area contributed by atoms with Crippen LogP contribution in [0.5, 0.6) is 0 Å². The molecule has 2 atom stereocenters. The Morgan fingerprint density at radius 3 is 2.20 bits per heavy atom. The first-order valence-electron chi connectivity index (χ1n) is 8.99. The van der Waals surface area contributed by atoms with Gasteiger partial charge in [0, 0.05) is 36.2 Å². The van der Waals surface area contributed by atoms with E-state index in [4.69, 9.17) is 4.74 Å². The van der Waals surface area contributed by atoms with Crippen molar-refractivity contribution < 1.29 is 14.3 Å². The molecule has 2 N–H and O–H groups in total. The van der Waals surface area contributed by atoms with Crippen molar-refractivity contribution in [2.24, 2.45) is 11.3 Å². The van der Waals surface area contributed by atoms with Crippen LogP contribution in [-0.2, 0) is 4.74 Å². The molecule has 5 heteroatoms. The Balaban J connectivity index is 1.92. The van der Waals surface area contributed by atoms with Gasteiger partial charge in [0.1, 0.15) is 0 Å². The van der Waals surface area contributed by atoms with Crippen molar-refractivity contribution in [3.05, 3.63) is 35.4 Å². The van der Waals surface area contributed by atoms with E-state index in [0.29, 0.717) is 23.6 Å². The number of ether oxygens (including phenoxy) is 1. The summed E-state index contributed by atoms with van der Waals surface area (Å²) in [4.78, 5) is 24.3. The summed E-state index contributed by atoms with van der Waals surface area (Å²) in [5.41, 5.74) is 1.19. The van der Waals surface area contributed by atoms with Crippen molar-refractivity contribution in [1.82, 2.24) is 10.6 Å². The van der Waals surface area contributed by atoms with Crippen molar-refractivity contribution in [3.8, 4) is 0 Å². The minimum atomic E-state index is -0.127. The second-order valence-corrected chi connectivity index (χ2v) is 8.12. The maximum absolute atomic E-state index is 12.4. The van der Waals surface area contributed by atoms with E-state index in [1.165, 1.54) is 0 Å². The summed E-state index contributed by atoms with van der Waals surface area (Å²) in [5, 5.41) is 5.84. The molecule has 0 bridgehead atoms. The van der Waals surface area contributed by atoms with Gasteiger partial charge in [0.05, 0.1) is 6.10 Å². The molecule has 0 aromatic heterocycles. The fourth-order valence-electron chi connectivity index (χ4n) is 3.24. The van der Waals surface area contributed by atoms with Crippen LogP contribution in [-0.4, -0.2) is 37.1 Å². The van der Waals surface area contributed by atoms with E-state index >= 15 is 0 Å². The largest absolute Gasteiger partial charge is 0.377 e. The first-order valence-corrected chi connectivity index (χ1v) is 8.99. The molecule has 5 nitrogen and oxygen atoms in total. The zero-order chi connectivity index (χ0) is 18.6. The summed E-state index contributed by atoms with van der Waals surface area (Å²) >= 11 is 0. The van der Waals surface area contributed by atoms with E-state index in [-0.39, 0.29) is 29.4 Å². The number of hydrogen-bond acceptors (Lipinski definition) is 3. The number of benzene rings is 1. The SMILES string of the molecule is CC(C)NC(=O)c1ccc(C(=O)NC[C@H]2CCO[C@@H]2C(C)(C)C)cc1. The van der Waals surface area contributed by atoms with Gasteiger partial charge in [0.25, 0.3) is 11.8 Å². The lowest BCUT2D eigenvalue weighted by atomic mass is 9.81. The number of carbonyl (C=O) groups is 2. The molecular formula is C20H30N2O3. The minimum absolute atomic E-state index is 0.0668. The van der Waals surface area contributed by atoms with E-state index in [9.17, 15) is 9.59 Å². The predicted molar refractivity (Wildman–Crippen MR) is 98.7 cm³/mol. The van der Waals surface area contributed by atoms with Crippen LogP contribution in [0.4, 0.5) is 0 Å². The van der Waals surface area contributed by atoms with Gasteiger partial charge in [0.15, 0.2) is 0 Å². The third-order valence-corrected chi connectivity index (χ3v) is 4.42. The molecule has 1 aromatic carbocycles. The molecule has 1 aliphatic rings. The van der Waals surface area contributed by atoms with Crippen LogP contribution in [0.1, 0.15) is 61.8 Å².